The number of benzene rings is 1. The third-order valence-corrected chi connectivity index (χ3v) is 5.19. The van der Waals surface area contributed by atoms with Crippen molar-refractivity contribution >= 4 is 51.8 Å². The van der Waals surface area contributed by atoms with Crippen LogP contribution in [0.15, 0.2) is 27.7 Å². The van der Waals surface area contributed by atoms with Crippen molar-refractivity contribution in [3.8, 4) is 0 Å². The van der Waals surface area contributed by atoms with E-state index in [-0.39, 0.29) is 35.8 Å². The molecule has 0 radical (unpaired) electrons. The van der Waals surface area contributed by atoms with Gasteiger partial charge in [0.1, 0.15) is 0 Å². The van der Waals surface area contributed by atoms with Gasteiger partial charge in [-0.15, -0.1) is 24.0 Å². The predicted molar refractivity (Wildman–Crippen MR) is 127 cm³/mol. The average Bonchev–Trinajstić information content (AvgIpc) is 2.61. The maximum atomic E-state index is 12.1. The number of halogens is 2. The summed E-state index contributed by atoms with van der Waals surface area (Å²) in [7, 11) is 0. The van der Waals surface area contributed by atoms with Gasteiger partial charge in [-0.2, -0.15) is 0 Å². The molecule has 1 fully saturated rings. The molecule has 1 aromatic carbocycles. The molecular weight excluding hydrogens is 519 g/mol. The quantitative estimate of drug-likeness (QED) is 0.330. The second-order valence-electron chi connectivity index (χ2n) is 7.16. The fraction of sp³-hybridized carbons (Fsp3) is 0.600. The van der Waals surface area contributed by atoms with E-state index in [1.54, 1.807) is 0 Å². The van der Waals surface area contributed by atoms with Crippen LogP contribution in [-0.4, -0.2) is 42.4 Å². The minimum Gasteiger partial charge on any atom is -0.357 e. The van der Waals surface area contributed by atoms with Crippen LogP contribution in [0.2, 0.25) is 0 Å². The Morgan fingerprint density at radius 1 is 1.33 bits per heavy atom. The highest BCUT2D eigenvalue weighted by atomic mass is 127. The number of carbonyl (C=O) groups is 1. The van der Waals surface area contributed by atoms with E-state index < -0.39 is 0 Å². The van der Waals surface area contributed by atoms with E-state index in [1.165, 1.54) is 11.1 Å². The van der Waals surface area contributed by atoms with Crippen molar-refractivity contribution in [3.05, 3.63) is 33.8 Å². The van der Waals surface area contributed by atoms with E-state index in [2.05, 4.69) is 58.6 Å². The predicted octanol–water partition coefficient (Wildman–Crippen LogP) is 4.08. The largest absolute Gasteiger partial charge is 0.357 e. The van der Waals surface area contributed by atoms with Gasteiger partial charge in [-0.05, 0) is 49.9 Å². The third-order valence-electron chi connectivity index (χ3n) is 4.70. The first-order valence-corrected chi connectivity index (χ1v) is 10.3. The molecule has 0 saturated carbocycles. The van der Waals surface area contributed by atoms with Crippen molar-refractivity contribution in [2.24, 2.45) is 10.9 Å². The van der Waals surface area contributed by atoms with Crippen molar-refractivity contribution < 1.29 is 4.79 Å². The van der Waals surface area contributed by atoms with E-state index in [4.69, 9.17) is 4.99 Å². The SMILES string of the molecule is CCNC(=NCc1ccc(Br)cc1C)NC1CCN(C(=O)C(C)C)CC1.I. The zero-order valence-electron chi connectivity index (χ0n) is 16.7. The lowest BCUT2D eigenvalue weighted by Gasteiger charge is -2.34. The van der Waals surface area contributed by atoms with Gasteiger partial charge in [-0.3, -0.25) is 4.79 Å². The summed E-state index contributed by atoms with van der Waals surface area (Å²) >= 11 is 3.50. The Labute approximate surface area is 188 Å². The average molecular weight is 551 g/mol. The summed E-state index contributed by atoms with van der Waals surface area (Å²) in [6, 6.07) is 6.64. The van der Waals surface area contributed by atoms with Gasteiger partial charge in [-0.1, -0.05) is 35.8 Å². The number of aryl methyl sites for hydroxylation is 1. The number of nitrogens with zero attached hydrogens (tertiary/aromatic N) is 2. The van der Waals surface area contributed by atoms with Crippen LogP contribution in [0, 0.1) is 12.8 Å². The molecule has 152 valence electrons. The summed E-state index contributed by atoms with van der Waals surface area (Å²) in [5.41, 5.74) is 2.46. The lowest BCUT2D eigenvalue weighted by atomic mass is 10.0. The molecule has 1 amide bonds. The standard InChI is InChI=1S/C20H31BrN4O.HI/c1-5-22-20(23-13-16-6-7-17(21)12-15(16)4)24-18-8-10-25(11-9-18)19(26)14(2)3;/h6-7,12,14,18H,5,8-11,13H2,1-4H3,(H2,22,23,24);1H. The molecule has 1 aliphatic heterocycles. The Balaban J connectivity index is 0.00000364. The number of carbonyl (C=O) groups excluding carboxylic acids is 1. The number of amides is 1. The minimum atomic E-state index is 0. The van der Waals surface area contributed by atoms with E-state index in [0.29, 0.717) is 12.6 Å². The van der Waals surface area contributed by atoms with Crippen LogP contribution in [0.25, 0.3) is 0 Å². The number of hydrogen-bond acceptors (Lipinski definition) is 2. The summed E-state index contributed by atoms with van der Waals surface area (Å²) in [6.07, 6.45) is 1.92. The first kappa shape index (κ1) is 24.2. The molecule has 2 N–H and O–H groups in total. The fourth-order valence-corrected chi connectivity index (χ4v) is 3.60. The number of rotatable bonds is 5. The normalized spacial score (nSPS) is 15.5. The van der Waals surface area contributed by atoms with Gasteiger partial charge in [-0.25, -0.2) is 4.99 Å². The molecule has 0 atom stereocenters. The zero-order valence-corrected chi connectivity index (χ0v) is 20.6. The zero-order chi connectivity index (χ0) is 19.1. The molecular formula is C20H32BrIN4O. The lowest BCUT2D eigenvalue weighted by Crippen LogP contribution is -2.50. The second-order valence-corrected chi connectivity index (χ2v) is 8.08. The fourth-order valence-electron chi connectivity index (χ4n) is 3.12. The number of nitrogens with one attached hydrogen (secondary N) is 2. The van der Waals surface area contributed by atoms with Crippen LogP contribution in [-0.2, 0) is 11.3 Å². The lowest BCUT2D eigenvalue weighted by molar-refractivity contribution is -0.135. The van der Waals surface area contributed by atoms with E-state index >= 15 is 0 Å². The van der Waals surface area contributed by atoms with Gasteiger partial charge in [0.15, 0.2) is 5.96 Å². The maximum absolute atomic E-state index is 12.1. The van der Waals surface area contributed by atoms with Gasteiger partial charge in [0.05, 0.1) is 6.54 Å². The summed E-state index contributed by atoms with van der Waals surface area (Å²) in [5, 5.41) is 6.87. The topological polar surface area (TPSA) is 56.7 Å². The third kappa shape index (κ3) is 7.60. The van der Waals surface area contributed by atoms with E-state index in [1.807, 2.05) is 18.7 Å². The number of likely N-dealkylation sites (tertiary alicyclic amines) is 1. The Kier molecular flexibility index (Phi) is 10.7. The number of hydrogen-bond donors (Lipinski definition) is 2. The molecule has 0 unspecified atom stereocenters. The summed E-state index contributed by atoms with van der Waals surface area (Å²) in [4.78, 5) is 18.8. The molecule has 0 bridgehead atoms. The molecule has 7 heteroatoms. The van der Waals surface area contributed by atoms with Crippen LogP contribution < -0.4 is 10.6 Å². The highest BCUT2D eigenvalue weighted by Gasteiger charge is 2.24. The highest BCUT2D eigenvalue weighted by molar-refractivity contribution is 14.0. The molecule has 1 heterocycles. The van der Waals surface area contributed by atoms with Crippen LogP contribution in [0.3, 0.4) is 0 Å². The smallest absolute Gasteiger partial charge is 0.225 e. The molecule has 1 aromatic rings. The molecule has 0 spiro atoms. The van der Waals surface area contributed by atoms with Crippen molar-refractivity contribution in [2.75, 3.05) is 19.6 Å². The summed E-state index contributed by atoms with van der Waals surface area (Å²) in [6.45, 7) is 11.2. The number of aliphatic imine (C=N–C) groups is 1. The highest BCUT2D eigenvalue weighted by Crippen LogP contribution is 2.17. The van der Waals surface area contributed by atoms with E-state index in [9.17, 15) is 4.79 Å². The maximum Gasteiger partial charge on any atom is 0.225 e. The van der Waals surface area contributed by atoms with Crippen molar-refractivity contribution in [2.45, 2.75) is 53.1 Å². The number of piperidine rings is 1. The van der Waals surface area contributed by atoms with Gasteiger partial charge in [0.25, 0.3) is 0 Å². The molecule has 1 saturated heterocycles. The monoisotopic (exact) mass is 550 g/mol. The van der Waals surface area contributed by atoms with E-state index in [0.717, 1.165) is 42.9 Å². The van der Waals surface area contributed by atoms with Crippen molar-refractivity contribution in [1.82, 2.24) is 15.5 Å². The minimum absolute atomic E-state index is 0. The van der Waals surface area contributed by atoms with Gasteiger partial charge >= 0.3 is 0 Å². The Hall–Kier alpha value is -0.830. The van der Waals surface area contributed by atoms with Crippen LogP contribution >= 0.6 is 39.9 Å². The van der Waals surface area contributed by atoms with Crippen LogP contribution in [0.1, 0.15) is 44.7 Å². The Morgan fingerprint density at radius 2 is 2.00 bits per heavy atom. The molecule has 1 aliphatic rings. The van der Waals surface area contributed by atoms with Crippen molar-refractivity contribution in [3.63, 3.8) is 0 Å². The molecule has 0 aromatic heterocycles. The first-order chi connectivity index (χ1) is 12.4. The van der Waals surface area contributed by atoms with Crippen LogP contribution in [0.5, 0.6) is 0 Å². The molecule has 5 nitrogen and oxygen atoms in total. The number of guanidine groups is 1. The van der Waals surface area contributed by atoms with Crippen molar-refractivity contribution in [1.29, 1.82) is 0 Å². The first-order valence-electron chi connectivity index (χ1n) is 9.49. The Bertz CT molecular complexity index is 643. The second kappa shape index (κ2) is 11.9. The molecule has 27 heavy (non-hydrogen) atoms. The van der Waals surface area contributed by atoms with Gasteiger partial charge in [0.2, 0.25) is 5.91 Å². The molecule has 0 aliphatic carbocycles. The molecule has 2 rings (SSSR count). The van der Waals surface area contributed by atoms with Gasteiger partial charge < -0.3 is 15.5 Å². The van der Waals surface area contributed by atoms with Crippen LogP contribution in [0.4, 0.5) is 0 Å². The van der Waals surface area contributed by atoms with Gasteiger partial charge in [0, 0.05) is 36.1 Å². The Morgan fingerprint density at radius 3 is 2.56 bits per heavy atom. The summed E-state index contributed by atoms with van der Waals surface area (Å²) < 4.78 is 1.09. The summed E-state index contributed by atoms with van der Waals surface area (Å²) in [5.74, 6) is 1.19.